The highest BCUT2D eigenvalue weighted by atomic mass is 19.4. The van der Waals surface area contributed by atoms with Crippen molar-refractivity contribution in [3.05, 3.63) is 65.2 Å². The molecule has 2 aliphatic rings. The highest BCUT2D eigenvalue weighted by molar-refractivity contribution is 6.25. The van der Waals surface area contributed by atoms with Crippen molar-refractivity contribution in [1.82, 2.24) is 5.01 Å². The van der Waals surface area contributed by atoms with Gasteiger partial charge in [0.2, 0.25) is 0 Å². The quantitative estimate of drug-likeness (QED) is 0.756. The molecule has 9 heteroatoms. The van der Waals surface area contributed by atoms with Crippen molar-refractivity contribution in [1.29, 1.82) is 0 Å². The zero-order valence-corrected chi connectivity index (χ0v) is 14.7. The molecule has 28 heavy (non-hydrogen) atoms. The van der Waals surface area contributed by atoms with Gasteiger partial charge in [0, 0.05) is 0 Å². The maximum Gasteiger partial charge on any atom is 0.416 e. The van der Waals surface area contributed by atoms with Gasteiger partial charge in [0.1, 0.15) is 0 Å². The molecule has 1 saturated heterocycles. The van der Waals surface area contributed by atoms with E-state index in [1.54, 1.807) is 24.3 Å². The summed E-state index contributed by atoms with van der Waals surface area (Å²) in [7, 11) is 0. The summed E-state index contributed by atoms with van der Waals surface area (Å²) in [6.45, 7) is 1.83. The van der Waals surface area contributed by atoms with E-state index in [0.29, 0.717) is 11.3 Å². The summed E-state index contributed by atoms with van der Waals surface area (Å²) in [6.07, 6.45) is -4.47. The summed E-state index contributed by atoms with van der Waals surface area (Å²) in [4.78, 5) is 26.6. The highest BCUT2D eigenvalue weighted by Gasteiger charge is 2.54. The second kappa shape index (κ2) is 6.43. The molecule has 0 unspecified atom stereocenters. The third kappa shape index (κ3) is 3.02. The molecular weight excluding hydrogens is 373 g/mol. The number of alkyl halides is 3. The predicted octanol–water partition coefficient (Wildman–Crippen LogP) is 3.51. The summed E-state index contributed by atoms with van der Waals surface area (Å²) >= 11 is 0. The Morgan fingerprint density at radius 2 is 1.75 bits per heavy atom. The van der Waals surface area contributed by atoms with Gasteiger partial charge in [-0.25, -0.2) is 4.90 Å². The van der Waals surface area contributed by atoms with Gasteiger partial charge in [-0.3, -0.25) is 14.6 Å². The average Bonchev–Trinajstić information content (AvgIpc) is 3.16. The smallest absolute Gasteiger partial charge is 0.271 e. The van der Waals surface area contributed by atoms with Crippen LogP contribution in [0, 0.1) is 6.92 Å². The third-order valence-electron chi connectivity index (χ3n) is 4.75. The van der Waals surface area contributed by atoms with E-state index in [-0.39, 0.29) is 6.54 Å². The van der Waals surface area contributed by atoms with Gasteiger partial charge in [-0.15, -0.1) is 0 Å². The Bertz CT molecular complexity index is 972. The number of fused-ring (bicyclic) bond motifs is 1. The topological polar surface area (TPSA) is 65.3 Å². The second-order valence-corrected chi connectivity index (χ2v) is 6.74. The first-order valence-corrected chi connectivity index (χ1v) is 8.54. The summed E-state index contributed by atoms with van der Waals surface area (Å²) in [5, 5.41) is 9.02. The lowest BCUT2D eigenvalue weighted by Crippen LogP contribution is -2.39. The van der Waals surface area contributed by atoms with Crippen molar-refractivity contribution >= 4 is 17.5 Å². The van der Waals surface area contributed by atoms with Crippen LogP contribution in [-0.4, -0.2) is 28.9 Å². The number of hydrogen-bond donors (Lipinski definition) is 0. The first-order valence-electron chi connectivity index (χ1n) is 8.54. The lowest BCUT2D eigenvalue weighted by atomic mass is 10.1. The van der Waals surface area contributed by atoms with Gasteiger partial charge in [-0.2, -0.15) is 18.3 Å². The standard InChI is InChI=1S/C19H15F3N4O2/c1-11-5-7-14(8-6-11)26-17(27)15-16(18(26)28)25(24-23-15)10-12-3-2-4-13(9-12)19(20,21)22/h2-9,15-16H,10H2,1H3/t15-,16-/m0/s1. The first-order chi connectivity index (χ1) is 13.3. The van der Waals surface area contributed by atoms with Crippen LogP contribution >= 0.6 is 0 Å². The Morgan fingerprint density at radius 3 is 2.43 bits per heavy atom. The lowest BCUT2D eigenvalue weighted by molar-refractivity contribution is -0.137. The summed E-state index contributed by atoms with van der Waals surface area (Å²) < 4.78 is 38.7. The summed E-state index contributed by atoms with van der Waals surface area (Å²) in [5.74, 6) is -0.982. The Morgan fingerprint density at radius 1 is 1.04 bits per heavy atom. The molecule has 0 bridgehead atoms. The van der Waals surface area contributed by atoms with E-state index in [9.17, 15) is 22.8 Å². The molecule has 2 aliphatic heterocycles. The number of rotatable bonds is 3. The normalized spacial score (nSPS) is 21.6. The maximum absolute atomic E-state index is 12.9. The lowest BCUT2D eigenvalue weighted by Gasteiger charge is -2.21. The van der Waals surface area contributed by atoms with E-state index in [4.69, 9.17) is 0 Å². The number of imide groups is 1. The molecule has 0 aliphatic carbocycles. The van der Waals surface area contributed by atoms with Gasteiger partial charge < -0.3 is 0 Å². The van der Waals surface area contributed by atoms with Gasteiger partial charge in [0.25, 0.3) is 11.8 Å². The molecule has 0 spiro atoms. The number of carbonyl (C=O) groups excluding carboxylic acids is 2. The van der Waals surface area contributed by atoms with Gasteiger partial charge in [-0.1, -0.05) is 35.1 Å². The van der Waals surface area contributed by atoms with Gasteiger partial charge in [0.05, 0.1) is 17.8 Å². The fourth-order valence-corrected chi connectivity index (χ4v) is 3.34. The van der Waals surface area contributed by atoms with Crippen LogP contribution in [0.1, 0.15) is 16.7 Å². The number of hydrogen-bond acceptors (Lipinski definition) is 5. The second-order valence-electron chi connectivity index (χ2n) is 6.74. The third-order valence-corrected chi connectivity index (χ3v) is 4.75. The van der Waals surface area contributed by atoms with E-state index in [1.165, 1.54) is 17.1 Å². The highest BCUT2D eigenvalue weighted by Crippen LogP contribution is 2.34. The molecule has 2 amide bonds. The molecule has 2 aromatic carbocycles. The van der Waals surface area contributed by atoms with Crippen LogP contribution in [0.15, 0.2) is 58.9 Å². The fourth-order valence-electron chi connectivity index (χ4n) is 3.34. The molecule has 4 rings (SSSR count). The minimum absolute atomic E-state index is 0.0602. The van der Waals surface area contributed by atoms with Crippen molar-refractivity contribution in [3.63, 3.8) is 0 Å². The van der Waals surface area contributed by atoms with Gasteiger partial charge in [0.15, 0.2) is 12.1 Å². The minimum Gasteiger partial charge on any atom is -0.271 e. The van der Waals surface area contributed by atoms with E-state index in [1.807, 2.05) is 6.92 Å². The number of anilines is 1. The number of amides is 2. The van der Waals surface area contributed by atoms with Crippen molar-refractivity contribution in [2.75, 3.05) is 4.90 Å². The zero-order chi connectivity index (χ0) is 20.1. The Hall–Kier alpha value is -3.23. The Kier molecular flexibility index (Phi) is 4.17. The van der Waals surface area contributed by atoms with E-state index >= 15 is 0 Å². The van der Waals surface area contributed by atoms with Crippen LogP contribution in [0.4, 0.5) is 18.9 Å². The van der Waals surface area contributed by atoms with E-state index < -0.39 is 35.6 Å². The van der Waals surface area contributed by atoms with Crippen LogP contribution in [0.25, 0.3) is 0 Å². The number of halogens is 3. The predicted molar refractivity (Wildman–Crippen MR) is 93.1 cm³/mol. The fraction of sp³-hybridized carbons (Fsp3) is 0.263. The molecule has 2 aromatic rings. The molecule has 2 atom stereocenters. The molecule has 0 radical (unpaired) electrons. The van der Waals surface area contributed by atoms with Crippen molar-refractivity contribution in [2.45, 2.75) is 31.7 Å². The summed E-state index contributed by atoms with van der Waals surface area (Å²) in [6, 6.07) is 9.74. The van der Waals surface area contributed by atoms with Gasteiger partial charge in [-0.05, 0) is 36.8 Å². The van der Waals surface area contributed by atoms with Gasteiger partial charge >= 0.3 is 6.18 Å². The summed E-state index contributed by atoms with van der Waals surface area (Å²) in [5.41, 5.74) is 0.953. The molecule has 0 aromatic heterocycles. The van der Waals surface area contributed by atoms with Crippen molar-refractivity contribution in [2.24, 2.45) is 10.3 Å². The molecule has 144 valence electrons. The molecular formula is C19H15F3N4O2. The number of aryl methyl sites for hydroxylation is 1. The Labute approximate surface area is 158 Å². The van der Waals surface area contributed by atoms with Crippen LogP contribution in [0.2, 0.25) is 0 Å². The van der Waals surface area contributed by atoms with Crippen LogP contribution in [-0.2, 0) is 22.3 Å². The average molecular weight is 388 g/mol. The Balaban J connectivity index is 1.58. The molecule has 0 saturated carbocycles. The van der Waals surface area contributed by atoms with Crippen molar-refractivity contribution < 1.29 is 22.8 Å². The van der Waals surface area contributed by atoms with Crippen LogP contribution in [0.5, 0.6) is 0 Å². The molecule has 0 N–H and O–H groups in total. The van der Waals surface area contributed by atoms with Crippen molar-refractivity contribution in [3.8, 4) is 0 Å². The number of benzene rings is 2. The van der Waals surface area contributed by atoms with Crippen LogP contribution in [0.3, 0.4) is 0 Å². The van der Waals surface area contributed by atoms with Crippen LogP contribution < -0.4 is 4.90 Å². The first kappa shape index (κ1) is 18.1. The molecule has 6 nitrogen and oxygen atoms in total. The SMILES string of the molecule is Cc1ccc(N2C(=O)[C@H]3N=NN(Cc4cccc(C(F)(F)F)c4)[C@@H]3C2=O)cc1. The zero-order valence-electron chi connectivity index (χ0n) is 14.7. The number of carbonyl (C=O) groups is 2. The monoisotopic (exact) mass is 388 g/mol. The number of nitrogens with zero attached hydrogens (tertiary/aromatic N) is 4. The molecule has 2 heterocycles. The maximum atomic E-state index is 12.9. The molecule has 1 fully saturated rings. The van der Waals surface area contributed by atoms with E-state index in [2.05, 4.69) is 10.3 Å². The van der Waals surface area contributed by atoms with E-state index in [0.717, 1.165) is 22.6 Å². The minimum atomic E-state index is -4.47. The largest absolute Gasteiger partial charge is 0.416 e.